The number of ether oxygens (including phenoxy) is 1. The van der Waals surface area contributed by atoms with Crippen LogP contribution < -0.4 is 15.6 Å². The zero-order chi connectivity index (χ0) is 16.2. The molecule has 0 saturated heterocycles. The van der Waals surface area contributed by atoms with E-state index in [1.54, 1.807) is 36.4 Å². The van der Waals surface area contributed by atoms with Gasteiger partial charge in [0.05, 0.1) is 15.3 Å². The molecule has 2 amide bonds. The fourth-order valence-corrected chi connectivity index (χ4v) is 3.17. The number of benzene rings is 1. The van der Waals surface area contributed by atoms with Gasteiger partial charge in [-0.15, -0.1) is 11.3 Å². The first-order valence-electron chi connectivity index (χ1n) is 7.21. The lowest BCUT2D eigenvalue weighted by Crippen LogP contribution is -2.41. The van der Waals surface area contributed by atoms with Crippen molar-refractivity contribution in [3.8, 4) is 5.75 Å². The van der Waals surface area contributed by atoms with Crippen molar-refractivity contribution in [3.63, 3.8) is 0 Å². The molecular formula is C16H15BrN2O3S. The summed E-state index contributed by atoms with van der Waals surface area (Å²) in [7, 11) is 0. The van der Waals surface area contributed by atoms with Crippen LogP contribution in [0.3, 0.4) is 0 Å². The number of hydrogen-bond donors (Lipinski definition) is 2. The summed E-state index contributed by atoms with van der Waals surface area (Å²) in [4.78, 5) is 24.4. The second kappa shape index (κ2) is 7.14. The molecule has 2 aromatic rings. The van der Waals surface area contributed by atoms with Crippen molar-refractivity contribution in [1.82, 2.24) is 10.9 Å². The molecule has 5 nitrogen and oxygen atoms in total. The number of hydrazine groups is 1. The molecular weight excluding hydrogens is 380 g/mol. The Morgan fingerprint density at radius 3 is 2.39 bits per heavy atom. The normalized spacial score (nSPS) is 13.4. The molecule has 0 atom stereocenters. The third-order valence-electron chi connectivity index (χ3n) is 3.39. The summed E-state index contributed by atoms with van der Waals surface area (Å²) in [5.74, 6) is 0.715. The Hall–Kier alpha value is -1.86. The third-order valence-corrected chi connectivity index (χ3v) is 5.01. The van der Waals surface area contributed by atoms with Crippen LogP contribution in [0.5, 0.6) is 5.75 Å². The minimum atomic E-state index is -0.372. The molecule has 0 aliphatic heterocycles. The molecule has 3 rings (SSSR count). The number of nitrogens with one attached hydrogen (secondary N) is 2. The van der Waals surface area contributed by atoms with Crippen molar-refractivity contribution in [2.24, 2.45) is 5.92 Å². The van der Waals surface area contributed by atoms with E-state index >= 15 is 0 Å². The van der Waals surface area contributed by atoms with Gasteiger partial charge in [-0.25, -0.2) is 0 Å². The largest absolute Gasteiger partial charge is 0.493 e. The van der Waals surface area contributed by atoms with E-state index in [-0.39, 0.29) is 11.8 Å². The van der Waals surface area contributed by atoms with Crippen molar-refractivity contribution in [1.29, 1.82) is 0 Å². The Kier molecular flexibility index (Phi) is 4.97. The fourth-order valence-electron chi connectivity index (χ4n) is 1.88. The topological polar surface area (TPSA) is 67.4 Å². The zero-order valence-corrected chi connectivity index (χ0v) is 14.6. The highest BCUT2D eigenvalue weighted by molar-refractivity contribution is 9.11. The van der Waals surface area contributed by atoms with Crippen LogP contribution >= 0.6 is 27.3 Å². The van der Waals surface area contributed by atoms with Gasteiger partial charge in [0.15, 0.2) is 0 Å². The lowest BCUT2D eigenvalue weighted by molar-refractivity contribution is 0.0849. The van der Waals surface area contributed by atoms with Gasteiger partial charge in [0, 0.05) is 5.56 Å². The SMILES string of the molecule is O=C(NNC(=O)c1ccc(Br)s1)c1ccc(OCC2CC2)cc1. The number of hydrogen-bond acceptors (Lipinski definition) is 4. The number of carbonyl (C=O) groups is 2. The monoisotopic (exact) mass is 394 g/mol. The van der Waals surface area contributed by atoms with Gasteiger partial charge < -0.3 is 4.74 Å². The first-order chi connectivity index (χ1) is 11.1. The molecule has 7 heteroatoms. The summed E-state index contributed by atoms with van der Waals surface area (Å²) >= 11 is 4.58. The second-order valence-electron chi connectivity index (χ2n) is 5.29. The fraction of sp³-hybridized carbons (Fsp3) is 0.250. The number of carbonyl (C=O) groups excluding carboxylic acids is 2. The van der Waals surface area contributed by atoms with Gasteiger partial charge in [0.25, 0.3) is 11.8 Å². The zero-order valence-electron chi connectivity index (χ0n) is 12.2. The predicted octanol–water partition coefficient (Wildman–Crippen LogP) is 3.37. The minimum Gasteiger partial charge on any atom is -0.493 e. The average Bonchev–Trinajstić information content (AvgIpc) is 3.30. The van der Waals surface area contributed by atoms with Crippen LogP contribution in [-0.4, -0.2) is 18.4 Å². The molecule has 23 heavy (non-hydrogen) atoms. The minimum absolute atomic E-state index is 0.349. The first-order valence-corrected chi connectivity index (χ1v) is 8.81. The summed E-state index contributed by atoms with van der Waals surface area (Å²) in [6, 6.07) is 10.3. The molecule has 2 N–H and O–H groups in total. The van der Waals surface area contributed by atoms with Crippen LogP contribution in [0.2, 0.25) is 0 Å². The van der Waals surface area contributed by atoms with E-state index < -0.39 is 0 Å². The van der Waals surface area contributed by atoms with Gasteiger partial charge in [-0.3, -0.25) is 20.4 Å². The first kappa shape index (κ1) is 16.0. The van der Waals surface area contributed by atoms with Crippen LogP contribution in [0.4, 0.5) is 0 Å². The lowest BCUT2D eigenvalue weighted by Gasteiger charge is -2.08. The molecule has 0 radical (unpaired) electrons. The van der Waals surface area contributed by atoms with Gasteiger partial charge in [-0.05, 0) is 71.1 Å². The summed E-state index contributed by atoms with van der Waals surface area (Å²) in [5, 5.41) is 0. The van der Waals surface area contributed by atoms with Crippen molar-refractivity contribution in [3.05, 3.63) is 50.6 Å². The molecule has 0 bridgehead atoms. The quantitative estimate of drug-likeness (QED) is 0.763. The van der Waals surface area contributed by atoms with Crippen molar-refractivity contribution in [2.45, 2.75) is 12.8 Å². The van der Waals surface area contributed by atoms with Crippen LogP contribution in [0.15, 0.2) is 40.2 Å². The molecule has 120 valence electrons. The van der Waals surface area contributed by atoms with E-state index in [4.69, 9.17) is 4.74 Å². The molecule has 1 saturated carbocycles. The predicted molar refractivity (Wildman–Crippen MR) is 91.6 cm³/mol. The Morgan fingerprint density at radius 2 is 1.78 bits per heavy atom. The van der Waals surface area contributed by atoms with Crippen LogP contribution in [0.1, 0.15) is 32.9 Å². The van der Waals surface area contributed by atoms with E-state index in [1.165, 1.54) is 24.2 Å². The highest BCUT2D eigenvalue weighted by atomic mass is 79.9. The smallest absolute Gasteiger partial charge is 0.279 e. The Morgan fingerprint density at radius 1 is 1.09 bits per heavy atom. The van der Waals surface area contributed by atoms with Crippen molar-refractivity contribution >= 4 is 39.1 Å². The lowest BCUT2D eigenvalue weighted by atomic mass is 10.2. The average molecular weight is 395 g/mol. The maximum Gasteiger partial charge on any atom is 0.279 e. The highest BCUT2D eigenvalue weighted by Crippen LogP contribution is 2.29. The molecule has 0 spiro atoms. The molecule has 1 aromatic carbocycles. The number of rotatable bonds is 5. The standard InChI is InChI=1S/C16H15BrN2O3S/c17-14-8-7-13(23-14)16(21)19-18-15(20)11-3-5-12(6-4-11)22-9-10-1-2-10/h3-8,10H,1-2,9H2,(H,18,20)(H,19,21). The van der Waals surface area contributed by atoms with Gasteiger partial charge >= 0.3 is 0 Å². The molecule has 0 unspecified atom stereocenters. The van der Waals surface area contributed by atoms with Gasteiger partial charge in [-0.2, -0.15) is 0 Å². The Balaban J connectivity index is 1.50. The van der Waals surface area contributed by atoms with Crippen LogP contribution in [0, 0.1) is 5.92 Å². The maximum absolute atomic E-state index is 12.0. The molecule has 1 fully saturated rings. The maximum atomic E-state index is 12.0. The van der Waals surface area contributed by atoms with Crippen LogP contribution in [0.25, 0.3) is 0 Å². The number of amides is 2. The number of halogens is 1. The summed E-state index contributed by atoms with van der Waals surface area (Å²) in [5.41, 5.74) is 5.25. The second-order valence-corrected chi connectivity index (χ2v) is 7.75. The van der Waals surface area contributed by atoms with Gasteiger partial charge in [-0.1, -0.05) is 0 Å². The Labute approximate surface area is 146 Å². The van der Waals surface area contributed by atoms with E-state index in [1.807, 2.05) is 0 Å². The van der Waals surface area contributed by atoms with E-state index in [2.05, 4.69) is 26.8 Å². The summed E-state index contributed by atoms with van der Waals surface area (Å²) in [6.45, 7) is 0.734. The van der Waals surface area contributed by atoms with Crippen LogP contribution in [-0.2, 0) is 0 Å². The van der Waals surface area contributed by atoms with E-state index in [0.717, 1.165) is 16.1 Å². The number of thiophene rings is 1. The van der Waals surface area contributed by atoms with E-state index in [9.17, 15) is 9.59 Å². The molecule has 1 aliphatic rings. The molecule has 1 aliphatic carbocycles. The van der Waals surface area contributed by atoms with Crippen molar-refractivity contribution in [2.75, 3.05) is 6.61 Å². The third kappa shape index (κ3) is 4.56. The summed E-state index contributed by atoms with van der Waals surface area (Å²) in [6.07, 6.45) is 2.47. The van der Waals surface area contributed by atoms with Crippen molar-refractivity contribution < 1.29 is 14.3 Å². The summed E-state index contributed by atoms with van der Waals surface area (Å²) < 4.78 is 6.48. The molecule has 1 heterocycles. The van der Waals surface area contributed by atoms with Gasteiger partial charge in [0.1, 0.15) is 5.75 Å². The highest BCUT2D eigenvalue weighted by Gasteiger charge is 2.21. The van der Waals surface area contributed by atoms with E-state index in [0.29, 0.717) is 16.4 Å². The Bertz CT molecular complexity index is 710. The van der Waals surface area contributed by atoms with Gasteiger partial charge in [0.2, 0.25) is 0 Å². The molecule has 1 aromatic heterocycles.